The molecular formula is C25H27N3O3S2. The van der Waals surface area contributed by atoms with Crippen molar-refractivity contribution in [2.45, 2.75) is 12.8 Å². The Hall–Kier alpha value is -2.84. The van der Waals surface area contributed by atoms with Gasteiger partial charge in [-0.15, -0.1) is 0 Å². The highest BCUT2D eigenvalue weighted by molar-refractivity contribution is 8.26. The Morgan fingerprint density at radius 1 is 1.09 bits per heavy atom. The SMILES string of the molecule is COc1cccc(C=C2SC(=S)N(CCCC(=O)N3CCN(c4ccccc4)CC3)C2=O)c1. The Labute approximate surface area is 204 Å². The summed E-state index contributed by atoms with van der Waals surface area (Å²) >= 11 is 6.73. The van der Waals surface area contributed by atoms with Gasteiger partial charge in [0.2, 0.25) is 5.91 Å². The molecule has 8 heteroatoms. The van der Waals surface area contributed by atoms with Crippen molar-refractivity contribution < 1.29 is 14.3 Å². The monoisotopic (exact) mass is 481 g/mol. The van der Waals surface area contributed by atoms with Gasteiger partial charge in [0.1, 0.15) is 10.1 Å². The number of thiocarbonyl (C=S) groups is 1. The summed E-state index contributed by atoms with van der Waals surface area (Å²) in [6.07, 6.45) is 2.84. The number of rotatable bonds is 7. The maximum Gasteiger partial charge on any atom is 0.266 e. The first-order chi connectivity index (χ1) is 16.0. The molecule has 0 N–H and O–H groups in total. The van der Waals surface area contributed by atoms with Crippen LogP contribution in [0, 0.1) is 0 Å². The first kappa shape index (κ1) is 23.3. The molecule has 0 aliphatic carbocycles. The second kappa shape index (κ2) is 10.9. The van der Waals surface area contributed by atoms with E-state index in [1.807, 2.05) is 53.4 Å². The third kappa shape index (κ3) is 5.75. The van der Waals surface area contributed by atoms with Crippen molar-refractivity contribution in [3.8, 4) is 5.75 Å². The van der Waals surface area contributed by atoms with Crippen LogP contribution in [0.2, 0.25) is 0 Å². The van der Waals surface area contributed by atoms with Gasteiger partial charge in [-0.3, -0.25) is 14.5 Å². The number of anilines is 1. The lowest BCUT2D eigenvalue weighted by atomic mass is 10.2. The highest BCUT2D eigenvalue weighted by Gasteiger charge is 2.32. The Balaban J connectivity index is 1.25. The first-order valence-electron chi connectivity index (χ1n) is 11.0. The minimum atomic E-state index is -0.100. The zero-order valence-corrected chi connectivity index (χ0v) is 20.2. The molecule has 2 aromatic carbocycles. The Bertz CT molecular complexity index is 1050. The second-order valence-electron chi connectivity index (χ2n) is 7.92. The number of thioether (sulfide) groups is 1. The molecule has 33 heavy (non-hydrogen) atoms. The van der Waals surface area contributed by atoms with Crippen LogP contribution in [-0.2, 0) is 9.59 Å². The lowest BCUT2D eigenvalue weighted by Crippen LogP contribution is -2.48. The number of piperazine rings is 1. The van der Waals surface area contributed by atoms with E-state index >= 15 is 0 Å². The molecule has 2 amide bonds. The molecule has 0 unspecified atom stereocenters. The lowest BCUT2D eigenvalue weighted by Gasteiger charge is -2.36. The highest BCUT2D eigenvalue weighted by atomic mass is 32.2. The van der Waals surface area contributed by atoms with Gasteiger partial charge in [0.05, 0.1) is 12.0 Å². The lowest BCUT2D eigenvalue weighted by molar-refractivity contribution is -0.132. The number of methoxy groups -OCH3 is 1. The van der Waals surface area contributed by atoms with E-state index in [2.05, 4.69) is 17.0 Å². The molecule has 2 saturated heterocycles. The van der Waals surface area contributed by atoms with Gasteiger partial charge in [-0.05, 0) is 42.3 Å². The number of para-hydroxylation sites is 1. The van der Waals surface area contributed by atoms with Crippen molar-refractivity contribution in [1.82, 2.24) is 9.80 Å². The molecule has 172 valence electrons. The van der Waals surface area contributed by atoms with Crippen molar-refractivity contribution in [3.05, 3.63) is 65.1 Å². The summed E-state index contributed by atoms with van der Waals surface area (Å²) < 4.78 is 5.79. The Kier molecular flexibility index (Phi) is 7.67. The van der Waals surface area contributed by atoms with E-state index in [0.717, 1.165) is 37.5 Å². The molecule has 2 fully saturated rings. The van der Waals surface area contributed by atoms with Crippen LogP contribution in [0.3, 0.4) is 0 Å². The molecule has 2 aliphatic heterocycles. The predicted molar refractivity (Wildman–Crippen MR) is 137 cm³/mol. The van der Waals surface area contributed by atoms with Gasteiger partial charge in [0.25, 0.3) is 5.91 Å². The molecule has 2 aromatic rings. The molecule has 0 radical (unpaired) electrons. The van der Waals surface area contributed by atoms with Gasteiger partial charge in [0, 0.05) is 44.8 Å². The Morgan fingerprint density at radius 3 is 2.58 bits per heavy atom. The summed E-state index contributed by atoms with van der Waals surface area (Å²) in [5, 5.41) is 0. The maximum atomic E-state index is 12.8. The Morgan fingerprint density at radius 2 is 1.85 bits per heavy atom. The third-order valence-electron chi connectivity index (χ3n) is 5.79. The van der Waals surface area contributed by atoms with Crippen LogP contribution in [0.4, 0.5) is 5.69 Å². The van der Waals surface area contributed by atoms with Crippen LogP contribution in [0.25, 0.3) is 6.08 Å². The van der Waals surface area contributed by atoms with Crippen LogP contribution in [-0.4, -0.2) is 65.8 Å². The summed E-state index contributed by atoms with van der Waals surface area (Å²) in [6, 6.07) is 17.8. The van der Waals surface area contributed by atoms with Gasteiger partial charge in [0.15, 0.2) is 0 Å². The van der Waals surface area contributed by atoms with Gasteiger partial charge in [-0.25, -0.2) is 0 Å². The molecule has 4 rings (SSSR count). The van der Waals surface area contributed by atoms with Crippen LogP contribution < -0.4 is 9.64 Å². The number of amides is 2. The average molecular weight is 482 g/mol. The van der Waals surface area contributed by atoms with Crippen molar-refractivity contribution in [2.24, 2.45) is 0 Å². The van der Waals surface area contributed by atoms with Gasteiger partial charge in [-0.2, -0.15) is 0 Å². The molecule has 6 nitrogen and oxygen atoms in total. The number of nitrogens with zero attached hydrogens (tertiary/aromatic N) is 3. The molecule has 0 bridgehead atoms. The van der Waals surface area contributed by atoms with E-state index in [1.54, 1.807) is 12.0 Å². The summed E-state index contributed by atoms with van der Waals surface area (Å²) in [7, 11) is 1.61. The van der Waals surface area contributed by atoms with E-state index in [9.17, 15) is 9.59 Å². The zero-order chi connectivity index (χ0) is 23.2. The van der Waals surface area contributed by atoms with E-state index in [0.29, 0.717) is 28.6 Å². The fourth-order valence-electron chi connectivity index (χ4n) is 3.97. The van der Waals surface area contributed by atoms with Crippen molar-refractivity contribution >= 4 is 51.9 Å². The minimum absolute atomic E-state index is 0.100. The number of benzene rings is 2. The van der Waals surface area contributed by atoms with E-state index in [-0.39, 0.29) is 11.8 Å². The second-order valence-corrected chi connectivity index (χ2v) is 9.59. The van der Waals surface area contributed by atoms with E-state index in [4.69, 9.17) is 17.0 Å². The number of hydrogen-bond acceptors (Lipinski definition) is 6. The zero-order valence-electron chi connectivity index (χ0n) is 18.6. The van der Waals surface area contributed by atoms with Crippen molar-refractivity contribution in [1.29, 1.82) is 0 Å². The average Bonchev–Trinajstić information content (AvgIpc) is 3.12. The van der Waals surface area contributed by atoms with Crippen molar-refractivity contribution in [3.63, 3.8) is 0 Å². The van der Waals surface area contributed by atoms with E-state index in [1.165, 1.54) is 17.4 Å². The smallest absolute Gasteiger partial charge is 0.266 e. The molecular weight excluding hydrogens is 454 g/mol. The first-order valence-corrected chi connectivity index (χ1v) is 12.2. The normalized spacial score (nSPS) is 17.7. The number of ether oxygens (including phenoxy) is 1. The molecule has 0 spiro atoms. The number of carbonyl (C=O) groups is 2. The molecule has 0 saturated carbocycles. The van der Waals surface area contributed by atoms with Gasteiger partial charge >= 0.3 is 0 Å². The standard InChI is InChI=1S/C25H27N3O3S2/c1-31-21-10-5-7-19(17-21)18-22-24(30)28(25(32)33-22)12-6-11-23(29)27-15-13-26(14-16-27)20-8-3-2-4-9-20/h2-5,7-10,17-18H,6,11-16H2,1H3. The maximum absolute atomic E-state index is 12.8. The number of carbonyl (C=O) groups excluding carboxylic acids is 2. The largest absolute Gasteiger partial charge is 0.497 e. The summed E-state index contributed by atoms with van der Waals surface area (Å²) in [5.41, 5.74) is 2.08. The van der Waals surface area contributed by atoms with Crippen LogP contribution in [0.1, 0.15) is 18.4 Å². The number of hydrogen-bond donors (Lipinski definition) is 0. The summed E-state index contributed by atoms with van der Waals surface area (Å²) in [6.45, 7) is 3.56. The molecule has 0 aromatic heterocycles. The fourth-order valence-corrected chi connectivity index (χ4v) is 5.28. The topological polar surface area (TPSA) is 53.1 Å². The summed E-state index contributed by atoms with van der Waals surface area (Å²) in [4.78, 5) is 32.0. The quantitative estimate of drug-likeness (QED) is 0.440. The molecule has 2 heterocycles. The fraction of sp³-hybridized carbons (Fsp3) is 0.320. The van der Waals surface area contributed by atoms with Crippen LogP contribution in [0.15, 0.2) is 59.5 Å². The minimum Gasteiger partial charge on any atom is -0.497 e. The van der Waals surface area contributed by atoms with Crippen LogP contribution in [0.5, 0.6) is 5.75 Å². The van der Waals surface area contributed by atoms with Crippen molar-refractivity contribution in [2.75, 3.05) is 44.7 Å². The van der Waals surface area contributed by atoms with E-state index < -0.39 is 0 Å². The molecule has 2 aliphatic rings. The van der Waals surface area contributed by atoms with Gasteiger partial charge < -0.3 is 14.5 Å². The molecule has 0 atom stereocenters. The highest BCUT2D eigenvalue weighted by Crippen LogP contribution is 2.33. The third-order valence-corrected chi connectivity index (χ3v) is 7.17. The van der Waals surface area contributed by atoms with Gasteiger partial charge in [-0.1, -0.05) is 54.3 Å². The van der Waals surface area contributed by atoms with Crippen LogP contribution >= 0.6 is 24.0 Å². The predicted octanol–water partition coefficient (Wildman–Crippen LogP) is 4.03. The summed E-state index contributed by atoms with van der Waals surface area (Å²) in [5.74, 6) is 0.777.